The van der Waals surface area contributed by atoms with Gasteiger partial charge in [-0.2, -0.15) is 0 Å². The number of anilines is 1. The highest BCUT2D eigenvalue weighted by Gasteiger charge is 2.32. The molecule has 2 amide bonds. The van der Waals surface area contributed by atoms with Crippen molar-refractivity contribution in [3.05, 3.63) is 39.8 Å². The van der Waals surface area contributed by atoms with Crippen molar-refractivity contribution in [1.29, 1.82) is 0 Å². The van der Waals surface area contributed by atoms with Crippen LogP contribution < -0.4 is 10.1 Å². The lowest BCUT2D eigenvalue weighted by atomic mass is 10.0. The van der Waals surface area contributed by atoms with Gasteiger partial charge in [0.1, 0.15) is 18.0 Å². The van der Waals surface area contributed by atoms with E-state index in [1.807, 2.05) is 24.4 Å². The molecule has 148 valence electrons. The highest BCUT2D eigenvalue weighted by Crippen LogP contribution is 2.28. The van der Waals surface area contributed by atoms with Gasteiger partial charge < -0.3 is 20.1 Å². The van der Waals surface area contributed by atoms with Crippen LogP contribution in [0.15, 0.2) is 23.6 Å². The fourth-order valence-corrected chi connectivity index (χ4v) is 4.25. The topological polar surface area (TPSA) is 91.8 Å². The average Bonchev–Trinajstić information content (AvgIpc) is 3.08. The van der Waals surface area contributed by atoms with Crippen molar-refractivity contribution in [2.24, 2.45) is 0 Å². The van der Waals surface area contributed by atoms with E-state index in [2.05, 4.69) is 10.3 Å². The Kier molecular flexibility index (Phi) is 5.32. The number of likely N-dealkylation sites (tertiary alicyclic amines) is 1. The second-order valence-electron chi connectivity index (χ2n) is 7.25. The minimum Gasteiger partial charge on any atom is -0.488 e. The van der Waals surface area contributed by atoms with E-state index in [4.69, 9.17) is 4.74 Å². The quantitative estimate of drug-likeness (QED) is 0.817. The molecule has 0 spiro atoms. The Bertz CT molecular complexity index is 897. The zero-order valence-corrected chi connectivity index (χ0v) is 16.5. The molecule has 2 aliphatic heterocycles. The number of ether oxygens (including phenoxy) is 1. The summed E-state index contributed by atoms with van der Waals surface area (Å²) in [6.07, 6.45) is 0.880. The Morgan fingerprint density at radius 1 is 1.43 bits per heavy atom. The molecule has 0 unspecified atom stereocenters. The number of carbonyl (C=O) groups excluding carboxylic acids is 2. The van der Waals surface area contributed by atoms with Crippen LogP contribution in [0.3, 0.4) is 0 Å². The Balaban J connectivity index is 1.34. The van der Waals surface area contributed by atoms with Crippen molar-refractivity contribution in [2.75, 3.05) is 18.4 Å². The fourth-order valence-electron chi connectivity index (χ4n) is 3.64. The molecular weight excluding hydrogens is 378 g/mol. The molecular formula is C20H23N3O4S. The number of fused-ring (bicyclic) bond motifs is 1. The number of aryl methyl sites for hydroxylation is 2. The van der Waals surface area contributed by atoms with Gasteiger partial charge in [0.25, 0.3) is 0 Å². The van der Waals surface area contributed by atoms with Gasteiger partial charge in [-0.25, -0.2) is 4.98 Å². The van der Waals surface area contributed by atoms with Crippen molar-refractivity contribution < 1.29 is 19.4 Å². The lowest BCUT2D eigenvalue weighted by Gasteiger charge is -2.36. The number of thiazole rings is 1. The van der Waals surface area contributed by atoms with Crippen LogP contribution >= 0.6 is 11.3 Å². The summed E-state index contributed by atoms with van der Waals surface area (Å²) in [6.45, 7) is 2.72. The number of hydrogen-bond donors (Lipinski definition) is 2. The number of nitrogens with zero attached hydrogens (tertiary/aromatic N) is 2. The molecule has 4 rings (SSSR count). The molecule has 0 bridgehead atoms. The second kappa shape index (κ2) is 7.89. The molecule has 0 aliphatic carbocycles. The third kappa shape index (κ3) is 4.18. The molecule has 0 saturated carbocycles. The van der Waals surface area contributed by atoms with Crippen LogP contribution in [0.1, 0.15) is 29.1 Å². The summed E-state index contributed by atoms with van der Waals surface area (Å²) in [6, 6.07) is 5.56. The van der Waals surface area contributed by atoms with Crippen LogP contribution in [0.4, 0.5) is 5.69 Å². The number of nitrogens with one attached hydrogen (secondary N) is 1. The van der Waals surface area contributed by atoms with E-state index in [-0.39, 0.29) is 30.9 Å². The van der Waals surface area contributed by atoms with E-state index in [1.54, 1.807) is 11.0 Å². The van der Waals surface area contributed by atoms with Gasteiger partial charge in [0, 0.05) is 30.5 Å². The summed E-state index contributed by atoms with van der Waals surface area (Å²) in [4.78, 5) is 30.0. The molecule has 7 nitrogen and oxygen atoms in total. The molecule has 1 aromatic heterocycles. The van der Waals surface area contributed by atoms with Crippen molar-refractivity contribution >= 4 is 28.8 Å². The molecule has 1 aromatic carbocycles. The summed E-state index contributed by atoms with van der Waals surface area (Å²) in [5.41, 5.74) is 2.64. The summed E-state index contributed by atoms with van der Waals surface area (Å²) in [5.74, 6) is 0.686. The van der Waals surface area contributed by atoms with Crippen molar-refractivity contribution in [1.82, 2.24) is 9.88 Å². The van der Waals surface area contributed by atoms with E-state index in [0.717, 1.165) is 22.0 Å². The van der Waals surface area contributed by atoms with Gasteiger partial charge in [-0.15, -0.1) is 11.3 Å². The van der Waals surface area contributed by atoms with Gasteiger partial charge in [0.2, 0.25) is 11.8 Å². The van der Waals surface area contributed by atoms with Crippen LogP contribution in [0.25, 0.3) is 0 Å². The number of aliphatic hydroxyl groups excluding tert-OH is 1. The smallest absolute Gasteiger partial charge is 0.228 e. The first-order chi connectivity index (χ1) is 13.5. The summed E-state index contributed by atoms with van der Waals surface area (Å²) in [5, 5.41) is 16.2. The molecule has 2 aliphatic rings. The molecule has 28 heavy (non-hydrogen) atoms. The number of piperidine rings is 1. The zero-order chi connectivity index (χ0) is 19.7. The SMILES string of the molecule is Cc1nc(CC(=O)N2CC[C@@H](Oc3ccc4c(c3)CCC(=O)N4)[C@H](O)C2)cs1. The average molecular weight is 401 g/mol. The van der Waals surface area contributed by atoms with Gasteiger partial charge in [-0.1, -0.05) is 0 Å². The predicted octanol–water partition coefficient (Wildman–Crippen LogP) is 1.92. The monoisotopic (exact) mass is 401 g/mol. The van der Waals surface area contributed by atoms with Crippen LogP contribution in [-0.4, -0.2) is 52.1 Å². The number of carbonyl (C=O) groups is 2. The maximum Gasteiger partial charge on any atom is 0.228 e. The van der Waals surface area contributed by atoms with Crippen molar-refractivity contribution in [3.63, 3.8) is 0 Å². The number of amides is 2. The normalized spacial score (nSPS) is 21.8. The van der Waals surface area contributed by atoms with E-state index < -0.39 is 6.10 Å². The molecule has 8 heteroatoms. The molecule has 3 heterocycles. The van der Waals surface area contributed by atoms with Crippen LogP contribution in [0, 0.1) is 6.92 Å². The third-order valence-corrected chi connectivity index (χ3v) is 5.95. The Morgan fingerprint density at radius 3 is 3.04 bits per heavy atom. The number of β-amino-alcohol motifs (C(OH)–C–C–N with tert-alkyl or cyclic N) is 1. The number of aromatic nitrogens is 1. The first kappa shape index (κ1) is 18.9. The number of aliphatic hydroxyl groups is 1. The van der Waals surface area contributed by atoms with Crippen LogP contribution in [0.5, 0.6) is 5.75 Å². The zero-order valence-electron chi connectivity index (χ0n) is 15.7. The second-order valence-corrected chi connectivity index (χ2v) is 8.32. The molecule has 2 N–H and O–H groups in total. The van der Waals surface area contributed by atoms with E-state index in [1.165, 1.54) is 11.3 Å². The highest BCUT2D eigenvalue weighted by atomic mass is 32.1. The van der Waals surface area contributed by atoms with Gasteiger partial charge >= 0.3 is 0 Å². The summed E-state index contributed by atoms with van der Waals surface area (Å²) >= 11 is 1.53. The molecule has 1 saturated heterocycles. The lowest BCUT2D eigenvalue weighted by Crippen LogP contribution is -2.51. The maximum absolute atomic E-state index is 12.5. The molecule has 1 fully saturated rings. The first-order valence-electron chi connectivity index (χ1n) is 9.44. The minimum atomic E-state index is -0.745. The number of rotatable bonds is 4. The molecule has 0 radical (unpaired) electrons. The summed E-state index contributed by atoms with van der Waals surface area (Å²) in [7, 11) is 0. The number of hydrogen-bond acceptors (Lipinski definition) is 6. The third-order valence-electron chi connectivity index (χ3n) is 5.13. The Labute approximate surface area is 167 Å². The van der Waals surface area contributed by atoms with Gasteiger partial charge in [-0.3, -0.25) is 9.59 Å². The van der Waals surface area contributed by atoms with Gasteiger partial charge in [-0.05, 0) is 37.1 Å². The fraction of sp³-hybridized carbons (Fsp3) is 0.450. The van der Waals surface area contributed by atoms with Crippen LogP contribution in [0.2, 0.25) is 0 Å². The predicted molar refractivity (Wildman–Crippen MR) is 106 cm³/mol. The Hall–Kier alpha value is -2.45. The van der Waals surface area contributed by atoms with E-state index in [9.17, 15) is 14.7 Å². The minimum absolute atomic E-state index is 0.0210. The standard InChI is InChI=1S/C20H23N3O4S/c1-12-21-14(11-28-12)9-20(26)23-7-6-18(17(24)10-23)27-15-3-4-16-13(8-15)2-5-19(25)22-16/h3-4,8,11,17-18,24H,2,5-7,9-10H2,1H3,(H,22,25)/t17-,18-/m1/s1. The largest absolute Gasteiger partial charge is 0.488 e. The van der Waals surface area contributed by atoms with E-state index in [0.29, 0.717) is 31.6 Å². The molecule has 2 aromatic rings. The van der Waals surface area contributed by atoms with Gasteiger partial charge in [0.15, 0.2) is 0 Å². The van der Waals surface area contributed by atoms with Crippen molar-refractivity contribution in [3.8, 4) is 5.75 Å². The first-order valence-corrected chi connectivity index (χ1v) is 10.3. The van der Waals surface area contributed by atoms with Gasteiger partial charge in [0.05, 0.1) is 23.7 Å². The lowest BCUT2D eigenvalue weighted by molar-refractivity contribution is -0.136. The summed E-state index contributed by atoms with van der Waals surface area (Å²) < 4.78 is 6.00. The van der Waals surface area contributed by atoms with E-state index >= 15 is 0 Å². The van der Waals surface area contributed by atoms with Crippen molar-refractivity contribution in [2.45, 2.75) is 44.8 Å². The maximum atomic E-state index is 12.5. The number of benzene rings is 1. The van der Waals surface area contributed by atoms with Crippen LogP contribution in [-0.2, 0) is 22.4 Å². The molecule has 2 atom stereocenters. The Morgan fingerprint density at radius 2 is 2.29 bits per heavy atom. The highest BCUT2D eigenvalue weighted by molar-refractivity contribution is 7.09.